The van der Waals surface area contributed by atoms with Crippen molar-refractivity contribution in [1.82, 2.24) is 5.32 Å². The highest BCUT2D eigenvalue weighted by atomic mass is 35.5. The van der Waals surface area contributed by atoms with E-state index in [9.17, 15) is 4.79 Å². The standard InChI is InChI=1S/C21H26ClNOS/c1-15(2)18-8-6-17(7-9-18)5-4-14-23-21(24)16(3)25-20-12-10-19(22)11-13-20/h6-13,15-16H,4-5,14H2,1-3H3,(H,23,24). The van der Waals surface area contributed by atoms with Crippen LogP contribution in [0.25, 0.3) is 0 Å². The van der Waals surface area contributed by atoms with Crippen LogP contribution in [0.1, 0.15) is 44.2 Å². The number of hydrogen-bond acceptors (Lipinski definition) is 2. The van der Waals surface area contributed by atoms with Crippen LogP contribution in [-0.4, -0.2) is 17.7 Å². The van der Waals surface area contributed by atoms with E-state index in [4.69, 9.17) is 11.6 Å². The maximum absolute atomic E-state index is 12.2. The van der Waals surface area contributed by atoms with Gasteiger partial charge in [-0.05, 0) is 61.1 Å². The lowest BCUT2D eigenvalue weighted by Gasteiger charge is -2.12. The van der Waals surface area contributed by atoms with Gasteiger partial charge in [-0.15, -0.1) is 11.8 Å². The van der Waals surface area contributed by atoms with E-state index in [1.54, 1.807) is 11.8 Å². The quantitative estimate of drug-likeness (QED) is 0.474. The average molecular weight is 376 g/mol. The van der Waals surface area contributed by atoms with E-state index < -0.39 is 0 Å². The molecule has 0 saturated heterocycles. The minimum absolute atomic E-state index is 0.0788. The molecular weight excluding hydrogens is 350 g/mol. The summed E-state index contributed by atoms with van der Waals surface area (Å²) in [7, 11) is 0. The number of halogens is 1. The van der Waals surface area contributed by atoms with E-state index in [-0.39, 0.29) is 11.2 Å². The number of carbonyl (C=O) groups is 1. The molecule has 0 aromatic heterocycles. The Hall–Kier alpha value is -1.45. The number of amides is 1. The fourth-order valence-electron chi connectivity index (χ4n) is 2.49. The lowest BCUT2D eigenvalue weighted by atomic mass is 10.0. The topological polar surface area (TPSA) is 29.1 Å². The Morgan fingerprint density at radius 1 is 1.04 bits per heavy atom. The van der Waals surface area contributed by atoms with Gasteiger partial charge in [0.1, 0.15) is 0 Å². The Kier molecular flexibility index (Phi) is 7.86. The van der Waals surface area contributed by atoms with Crippen molar-refractivity contribution in [2.24, 2.45) is 0 Å². The fourth-order valence-corrected chi connectivity index (χ4v) is 3.51. The van der Waals surface area contributed by atoms with Gasteiger partial charge in [-0.2, -0.15) is 0 Å². The molecule has 0 fully saturated rings. The number of aryl methyl sites for hydroxylation is 1. The van der Waals surface area contributed by atoms with Gasteiger partial charge in [0.15, 0.2) is 0 Å². The summed E-state index contributed by atoms with van der Waals surface area (Å²) in [6.07, 6.45) is 1.93. The van der Waals surface area contributed by atoms with Crippen LogP contribution in [-0.2, 0) is 11.2 Å². The third-order valence-corrected chi connectivity index (χ3v) is 5.45. The fraction of sp³-hybridized carbons (Fsp3) is 0.381. The predicted molar refractivity (Wildman–Crippen MR) is 109 cm³/mol. The lowest BCUT2D eigenvalue weighted by molar-refractivity contribution is -0.120. The van der Waals surface area contributed by atoms with Crippen molar-refractivity contribution in [2.45, 2.75) is 49.7 Å². The molecule has 2 aromatic rings. The summed E-state index contributed by atoms with van der Waals surface area (Å²) in [6.45, 7) is 7.04. The summed E-state index contributed by atoms with van der Waals surface area (Å²) in [5.41, 5.74) is 2.69. The number of thioether (sulfide) groups is 1. The van der Waals surface area contributed by atoms with Gasteiger partial charge in [-0.1, -0.05) is 49.7 Å². The van der Waals surface area contributed by atoms with Gasteiger partial charge in [0.05, 0.1) is 5.25 Å². The van der Waals surface area contributed by atoms with E-state index >= 15 is 0 Å². The van der Waals surface area contributed by atoms with E-state index in [1.807, 2.05) is 31.2 Å². The molecule has 0 saturated carbocycles. The highest BCUT2D eigenvalue weighted by molar-refractivity contribution is 8.00. The molecule has 0 aliphatic rings. The van der Waals surface area contributed by atoms with Crippen LogP contribution in [0.5, 0.6) is 0 Å². The first kappa shape index (κ1) is 19.9. The van der Waals surface area contributed by atoms with Crippen LogP contribution >= 0.6 is 23.4 Å². The van der Waals surface area contributed by atoms with Gasteiger partial charge >= 0.3 is 0 Å². The van der Waals surface area contributed by atoms with Crippen molar-refractivity contribution in [1.29, 1.82) is 0 Å². The van der Waals surface area contributed by atoms with Crippen LogP contribution in [0, 0.1) is 0 Å². The number of carbonyl (C=O) groups excluding carboxylic acids is 1. The highest BCUT2D eigenvalue weighted by Gasteiger charge is 2.13. The molecule has 0 spiro atoms. The smallest absolute Gasteiger partial charge is 0.233 e. The molecule has 0 aliphatic carbocycles. The lowest BCUT2D eigenvalue weighted by Crippen LogP contribution is -2.31. The zero-order valence-corrected chi connectivity index (χ0v) is 16.7. The van der Waals surface area contributed by atoms with E-state index in [2.05, 4.69) is 43.4 Å². The largest absolute Gasteiger partial charge is 0.355 e. The van der Waals surface area contributed by atoms with Crippen molar-refractivity contribution in [2.75, 3.05) is 6.54 Å². The van der Waals surface area contributed by atoms with Crippen molar-refractivity contribution in [3.05, 3.63) is 64.7 Å². The molecule has 1 atom stereocenters. The number of rotatable bonds is 8. The SMILES string of the molecule is CC(Sc1ccc(Cl)cc1)C(=O)NCCCc1ccc(C(C)C)cc1. The second kappa shape index (κ2) is 9.88. The minimum atomic E-state index is -0.119. The van der Waals surface area contributed by atoms with Crippen molar-refractivity contribution in [3.63, 3.8) is 0 Å². The van der Waals surface area contributed by atoms with Gasteiger partial charge in [0.25, 0.3) is 0 Å². The Balaban J connectivity index is 1.69. The summed E-state index contributed by atoms with van der Waals surface area (Å²) >= 11 is 7.43. The van der Waals surface area contributed by atoms with Crippen molar-refractivity contribution >= 4 is 29.3 Å². The van der Waals surface area contributed by atoms with Gasteiger partial charge in [-0.25, -0.2) is 0 Å². The summed E-state index contributed by atoms with van der Waals surface area (Å²) in [4.78, 5) is 13.2. The molecule has 134 valence electrons. The van der Waals surface area contributed by atoms with Crippen LogP contribution in [0.3, 0.4) is 0 Å². The molecule has 1 unspecified atom stereocenters. The summed E-state index contributed by atoms with van der Waals surface area (Å²) < 4.78 is 0. The molecule has 2 nitrogen and oxygen atoms in total. The molecule has 1 N–H and O–H groups in total. The molecule has 4 heteroatoms. The Morgan fingerprint density at radius 2 is 1.68 bits per heavy atom. The minimum Gasteiger partial charge on any atom is -0.355 e. The zero-order valence-electron chi connectivity index (χ0n) is 15.1. The maximum atomic E-state index is 12.2. The molecule has 2 aromatic carbocycles. The molecule has 1 amide bonds. The molecule has 0 aliphatic heterocycles. The summed E-state index contributed by atoms with van der Waals surface area (Å²) in [5.74, 6) is 0.642. The Bertz CT molecular complexity index is 667. The van der Waals surface area contributed by atoms with Gasteiger partial charge in [0, 0.05) is 16.5 Å². The highest BCUT2D eigenvalue weighted by Crippen LogP contribution is 2.24. The molecule has 0 heterocycles. The molecule has 0 bridgehead atoms. The number of nitrogens with one attached hydrogen (secondary N) is 1. The average Bonchev–Trinajstić information content (AvgIpc) is 2.60. The van der Waals surface area contributed by atoms with Gasteiger partial charge in [0.2, 0.25) is 5.91 Å². The number of benzene rings is 2. The first-order valence-corrected chi connectivity index (χ1v) is 10.00. The predicted octanol–water partition coefficient (Wildman–Crippen LogP) is 5.69. The van der Waals surface area contributed by atoms with Gasteiger partial charge in [-0.3, -0.25) is 4.79 Å². The first-order chi connectivity index (χ1) is 12.0. The monoisotopic (exact) mass is 375 g/mol. The third-order valence-electron chi connectivity index (χ3n) is 4.08. The Morgan fingerprint density at radius 3 is 2.28 bits per heavy atom. The van der Waals surface area contributed by atoms with E-state index in [1.165, 1.54) is 11.1 Å². The van der Waals surface area contributed by atoms with Gasteiger partial charge < -0.3 is 5.32 Å². The number of hydrogen-bond donors (Lipinski definition) is 1. The molecule has 0 radical (unpaired) electrons. The second-order valence-corrected chi connectivity index (χ2v) is 8.36. The maximum Gasteiger partial charge on any atom is 0.233 e. The van der Waals surface area contributed by atoms with E-state index in [0.717, 1.165) is 17.7 Å². The second-order valence-electron chi connectivity index (χ2n) is 6.50. The van der Waals surface area contributed by atoms with Crippen molar-refractivity contribution in [3.8, 4) is 0 Å². The summed E-state index contributed by atoms with van der Waals surface area (Å²) in [5, 5.41) is 3.62. The summed E-state index contributed by atoms with van der Waals surface area (Å²) in [6, 6.07) is 16.4. The molecule has 25 heavy (non-hydrogen) atoms. The molecular formula is C21H26ClNOS. The van der Waals surface area contributed by atoms with Crippen LogP contribution in [0.4, 0.5) is 0 Å². The van der Waals surface area contributed by atoms with Crippen molar-refractivity contribution < 1.29 is 4.79 Å². The zero-order chi connectivity index (χ0) is 18.2. The van der Waals surface area contributed by atoms with Crippen LogP contribution in [0.15, 0.2) is 53.4 Å². The third kappa shape index (κ3) is 6.75. The van der Waals surface area contributed by atoms with E-state index in [0.29, 0.717) is 17.5 Å². The van der Waals surface area contributed by atoms with Crippen LogP contribution in [0.2, 0.25) is 5.02 Å². The molecule has 2 rings (SSSR count). The first-order valence-electron chi connectivity index (χ1n) is 8.74. The Labute approximate surface area is 160 Å². The normalized spacial score (nSPS) is 12.2. The van der Waals surface area contributed by atoms with Crippen LogP contribution < -0.4 is 5.32 Å².